The molecule has 1 N–H and O–H groups in total. The number of carbonyl (C=O) groups excluding carboxylic acids is 1. The topological polar surface area (TPSA) is 29.1 Å². The normalized spacial score (nSPS) is 14.1. The maximum absolute atomic E-state index is 10.1. The van der Waals surface area contributed by atoms with E-state index in [-0.39, 0.29) is 5.91 Å². The summed E-state index contributed by atoms with van der Waals surface area (Å²) in [5, 5.41) is 2.68. The Morgan fingerprint density at radius 2 is 2.00 bits per heavy atom. The molecule has 1 fully saturated rings. The molecule has 0 bridgehead atoms. The van der Waals surface area contributed by atoms with Gasteiger partial charge in [0, 0.05) is 13.0 Å². The lowest BCUT2D eigenvalue weighted by atomic mass is 10.2. The van der Waals surface area contributed by atoms with Crippen molar-refractivity contribution in [1.82, 2.24) is 5.32 Å². The van der Waals surface area contributed by atoms with Crippen LogP contribution in [-0.4, -0.2) is 12.5 Å². The van der Waals surface area contributed by atoms with Gasteiger partial charge in [-0.2, -0.15) is 0 Å². The molecule has 1 aromatic rings. The summed E-state index contributed by atoms with van der Waals surface area (Å²) in [6.07, 6.45) is 7.48. The van der Waals surface area contributed by atoms with E-state index in [0.29, 0.717) is 0 Å². The number of rotatable bonds is 2. The minimum absolute atomic E-state index is 0.204. The summed E-state index contributed by atoms with van der Waals surface area (Å²) in [5.41, 5.74) is 1.21. The van der Waals surface area contributed by atoms with Crippen molar-refractivity contribution in [1.29, 1.82) is 0 Å². The molecule has 1 heterocycles. The van der Waals surface area contributed by atoms with Gasteiger partial charge in [-0.15, -0.1) is 0 Å². The van der Waals surface area contributed by atoms with Gasteiger partial charge in [0.05, 0.1) is 0 Å². The largest absolute Gasteiger partial charge is 0.356 e. The van der Waals surface area contributed by atoms with Crippen LogP contribution in [0.5, 0.6) is 0 Å². The first kappa shape index (κ1) is 12.2. The maximum atomic E-state index is 10.1. The van der Waals surface area contributed by atoms with Crippen molar-refractivity contribution < 1.29 is 4.79 Å². The molecule has 0 saturated carbocycles. The number of hydrogen-bond acceptors (Lipinski definition) is 1. The molecule has 1 amide bonds. The molecule has 1 aliphatic rings. The van der Waals surface area contributed by atoms with Crippen molar-refractivity contribution >= 4 is 12.0 Å². The van der Waals surface area contributed by atoms with E-state index in [1.54, 1.807) is 6.08 Å². The molecule has 16 heavy (non-hydrogen) atoms. The fraction of sp³-hybridized carbons (Fsp3) is 0.214. The van der Waals surface area contributed by atoms with Crippen LogP contribution in [0.15, 0.2) is 49.1 Å². The van der Waals surface area contributed by atoms with E-state index in [1.807, 2.05) is 30.4 Å². The van der Waals surface area contributed by atoms with Gasteiger partial charge in [-0.25, -0.2) is 0 Å². The Balaban J connectivity index is 0.000000181. The van der Waals surface area contributed by atoms with E-state index in [4.69, 9.17) is 0 Å². The van der Waals surface area contributed by atoms with Crippen LogP contribution in [0, 0.1) is 0 Å². The molecule has 0 aliphatic carbocycles. The van der Waals surface area contributed by atoms with Crippen LogP contribution >= 0.6 is 0 Å². The molecule has 0 unspecified atom stereocenters. The van der Waals surface area contributed by atoms with Crippen LogP contribution in [0.3, 0.4) is 0 Å². The Bertz CT molecular complexity index is 346. The fourth-order valence-electron chi connectivity index (χ4n) is 1.31. The fourth-order valence-corrected chi connectivity index (χ4v) is 1.31. The summed E-state index contributed by atoms with van der Waals surface area (Å²) in [7, 11) is 0. The summed E-state index contributed by atoms with van der Waals surface area (Å²) in [4.78, 5) is 10.1. The van der Waals surface area contributed by atoms with Gasteiger partial charge < -0.3 is 5.32 Å². The molecule has 84 valence electrons. The molecular formula is C14H17NO. The van der Waals surface area contributed by atoms with Crippen LogP contribution in [0.4, 0.5) is 0 Å². The Kier molecular flexibility index (Phi) is 5.71. The predicted molar refractivity (Wildman–Crippen MR) is 67.9 cm³/mol. The predicted octanol–water partition coefficient (Wildman–Crippen LogP) is 2.78. The van der Waals surface area contributed by atoms with Crippen LogP contribution in [0.25, 0.3) is 6.08 Å². The van der Waals surface area contributed by atoms with Gasteiger partial charge in [-0.3, -0.25) is 4.79 Å². The maximum Gasteiger partial charge on any atom is 0.220 e. The van der Waals surface area contributed by atoms with Crippen molar-refractivity contribution in [3.05, 3.63) is 54.6 Å². The third-order valence-corrected chi connectivity index (χ3v) is 2.13. The molecule has 0 atom stereocenters. The number of carbonyl (C=O) groups is 1. The lowest BCUT2D eigenvalue weighted by Gasteiger charge is -1.87. The second-order valence-electron chi connectivity index (χ2n) is 3.46. The molecular weight excluding hydrogens is 198 g/mol. The molecule has 1 aliphatic heterocycles. The van der Waals surface area contributed by atoms with E-state index in [0.717, 1.165) is 19.4 Å². The Labute approximate surface area is 96.7 Å². The summed E-state index contributed by atoms with van der Waals surface area (Å²) in [5.74, 6) is 0.204. The summed E-state index contributed by atoms with van der Waals surface area (Å²) < 4.78 is 0. The molecule has 0 aromatic heterocycles. The van der Waals surface area contributed by atoms with Gasteiger partial charge in [-0.1, -0.05) is 55.1 Å². The highest BCUT2D eigenvalue weighted by molar-refractivity contribution is 5.77. The first-order valence-electron chi connectivity index (χ1n) is 5.44. The van der Waals surface area contributed by atoms with Crippen molar-refractivity contribution in [3.8, 4) is 0 Å². The standard InChI is InChI=1S/C10H10.C4H7NO/c1-2-3-7-10-8-5-4-6-9-10;6-4-2-1-3-5-4/h2-9H,1H2;1-3H2,(H,5,6). The van der Waals surface area contributed by atoms with E-state index >= 15 is 0 Å². The minimum Gasteiger partial charge on any atom is -0.356 e. The van der Waals surface area contributed by atoms with Crippen molar-refractivity contribution in [3.63, 3.8) is 0 Å². The molecule has 1 aromatic carbocycles. The van der Waals surface area contributed by atoms with E-state index in [2.05, 4.69) is 24.0 Å². The zero-order chi connectivity index (χ0) is 11.6. The quantitative estimate of drug-likeness (QED) is 0.755. The zero-order valence-corrected chi connectivity index (χ0v) is 9.36. The van der Waals surface area contributed by atoms with Crippen molar-refractivity contribution in [2.45, 2.75) is 12.8 Å². The van der Waals surface area contributed by atoms with Crippen LogP contribution in [-0.2, 0) is 4.79 Å². The van der Waals surface area contributed by atoms with E-state index in [9.17, 15) is 4.79 Å². The lowest BCUT2D eigenvalue weighted by Crippen LogP contribution is -2.12. The van der Waals surface area contributed by atoms with Crippen LogP contribution in [0.2, 0.25) is 0 Å². The monoisotopic (exact) mass is 215 g/mol. The molecule has 2 heteroatoms. The highest BCUT2D eigenvalue weighted by atomic mass is 16.1. The van der Waals surface area contributed by atoms with Gasteiger partial charge in [-0.05, 0) is 12.0 Å². The molecule has 1 saturated heterocycles. The smallest absolute Gasteiger partial charge is 0.220 e. The zero-order valence-electron chi connectivity index (χ0n) is 9.36. The highest BCUT2D eigenvalue weighted by Gasteiger charge is 2.05. The number of hydrogen-bond donors (Lipinski definition) is 1. The second kappa shape index (κ2) is 7.46. The van der Waals surface area contributed by atoms with E-state index < -0.39 is 0 Å². The number of amides is 1. The van der Waals surface area contributed by atoms with Gasteiger partial charge in [0.25, 0.3) is 0 Å². The summed E-state index contributed by atoms with van der Waals surface area (Å²) >= 11 is 0. The first-order chi connectivity index (χ1) is 7.83. The third-order valence-electron chi connectivity index (χ3n) is 2.13. The average molecular weight is 215 g/mol. The highest BCUT2D eigenvalue weighted by Crippen LogP contribution is 1.99. The second-order valence-corrected chi connectivity index (χ2v) is 3.46. The molecule has 0 radical (unpaired) electrons. The summed E-state index contributed by atoms with van der Waals surface area (Å²) in [6.45, 7) is 4.48. The molecule has 2 nitrogen and oxygen atoms in total. The SMILES string of the molecule is C=CC=Cc1ccccc1.O=C1CCCN1. The Hall–Kier alpha value is -1.83. The van der Waals surface area contributed by atoms with Crippen LogP contribution < -0.4 is 5.32 Å². The average Bonchev–Trinajstić information content (AvgIpc) is 2.80. The minimum atomic E-state index is 0.204. The van der Waals surface area contributed by atoms with Crippen molar-refractivity contribution in [2.75, 3.05) is 6.54 Å². The Morgan fingerprint density at radius 1 is 1.25 bits per heavy atom. The Morgan fingerprint density at radius 3 is 2.44 bits per heavy atom. The number of nitrogens with one attached hydrogen (secondary N) is 1. The van der Waals surface area contributed by atoms with Crippen LogP contribution in [0.1, 0.15) is 18.4 Å². The van der Waals surface area contributed by atoms with Gasteiger partial charge in [0.1, 0.15) is 0 Å². The third kappa shape index (κ3) is 5.15. The van der Waals surface area contributed by atoms with Gasteiger partial charge >= 0.3 is 0 Å². The number of benzene rings is 1. The lowest BCUT2D eigenvalue weighted by molar-refractivity contribution is -0.119. The first-order valence-corrected chi connectivity index (χ1v) is 5.44. The summed E-state index contributed by atoms with van der Waals surface area (Å²) in [6, 6.07) is 10.1. The molecule has 0 spiro atoms. The van der Waals surface area contributed by atoms with E-state index in [1.165, 1.54) is 5.56 Å². The molecule has 2 rings (SSSR count). The van der Waals surface area contributed by atoms with Gasteiger partial charge in [0.2, 0.25) is 5.91 Å². The van der Waals surface area contributed by atoms with Crippen molar-refractivity contribution in [2.24, 2.45) is 0 Å². The van der Waals surface area contributed by atoms with Gasteiger partial charge in [0.15, 0.2) is 0 Å². The number of allylic oxidation sites excluding steroid dienone is 2.